The Morgan fingerprint density at radius 2 is 1.96 bits per heavy atom. The summed E-state index contributed by atoms with van der Waals surface area (Å²) in [6.07, 6.45) is 7.26. The molecule has 0 bridgehead atoms. The molecule has 1 saturated carbocycles. The van der Waals surface area contributed by atoms with Crippen LogP contribution in [-0.4, -0.2) is 33.4 Å². The fourth-order valence-electron chi connectivity index (χ4n) is 3.69. The lowest BCUT2D eigenvalue weighted by atomic mass is 9.97. The normalized spacial score (nSPS) is 17.6. The minimum absolute atomic E-state index is 0.296. The molecular weight excluding hydrogens is 310 g/mol. The van der Waals surface area contributed by atoms with E-state index in [1.807, 2.05) is 17.2 Å². The van der Waals surface area contributed by atoms with E-state index < -0.39 is 0 Å². The highest BCUT2D eigenvalue weighted by Crippen LogP contribution is 2.34. The molecule has 1 aliphatic heterocycles. The SMILES string of the molecule is Cc1cnc(C2CN(C(=O)CCCc3ccccc3)C2)n1CC1CC1. The first kappa shape index (κ1) is 16.4. The van der Waals surface area contributed by atoms with Crippen molar-refractivity contribution in [1.29, 1.82) is 0 Å². The molecule has 4 nitrogen and oxygen atoms in total. The Kier molecular flexibility index (Phi) is 4.60. The molecule has 0 radical (unpaired) electrons. The molecule has 1 aromatic carbocycles. The van der Waals surface area contributed by atoms with Gasteiger partial charge < -0.3 is 9.47 Å². The van der Waals surface area contributed by atoms with Crippen LogP contribution in [0.2, 0.25) is 0 Å². The number of nitrogens with zero attached hydrogens (tertiary/aromatic N) is 3. The summed E-state index contributed by atoms with van der Waals surface area (Å²) < 4.78 is 2.39. The molecule has 4 heteroatoms. The van der Waals surface area contributed by atoms with Gasteiger partial charge >= 0.3 is 0 Å². The Balaban J connectivity index is 1.25. The maximum absolute atomic E-state index is 12.4. The van der Waals surface area contributed by atoms with Gasteiger partial charge in [0.05, 0.1) is 5.92 Å². The number of aryl methyl sites for hydroxylation is 2. The van der Waals surface area contributed by atoms with Gasteiger partial charge in [0, 0.05) is 37.9 Å². The van der Waals surface area contributed by atoms with Gasteiger partial charge in [0.15, 0.2) is 0 Å². The van der Waals surface area contributed by atoms with Crippen molar-refractivity contribution in [2.75, 3.05) is 13.1 Å². The van der Waals surface area contributed by atoms with Gasteiger partial charge in [0.25, 0.3) is 0 Å². The van der Waals surface area contributed by atoms with E-state index >= 15 is 0 Å². The number of rotatable bonds is 7. The number of carbonyl (C=O) groups excluding carboxylic acids is 1. The fraction of sp³-hybridized carbons (Fsp3) is 0.524. The van der Waals surface area contributed by atoms with Crippen LogP contribution in [0.5, 0.6) is 0 Å². The molecule has 2 aromatic rings. The van der Waals surface area contributed by atoms with Crippen LogP contribution < -0.4 is 0 Å². The summed E-state index contributed by atoms with van der Waals surface area (Å²) >= 11 is 0. The second-order valence-electron chi connectivity index (χ2n) is 7.65. The highest BCUT2D eigenvalue weighted by Gasteiger charge is 2.35. The lowest BCUT2D eigenvalue weighted by Crippen LogP contribution is -2.49. The van der Waals surface area contributed by atoms with E-state index in [1.54, 1.807) is 0 Å². The van der Waals surface area contributed by atoms with Crippen molar-refractivity contribution < 1.29 is 4.79 Å². The zero-order chi connectivity index (χ0) is 17.2. The largest absolute Gasteiger partial charge is 0.341 e. The maximum atomic E-state index is 12.4. The third-order valence-corrected chi connectivity index (χ3v) is 5.52. The summed E-state index contributed by atoms with van der Waals surface area (Å²) in [6.45, 7) is 4.93. The molecule has 0 N–H and O–H groups in total. The standard InChI is InChI=1S/C21H27N3O/c1-16-12-22-21(24(16)13-18-10-11-18)19-14-23(15-19)20(25)9-5-8-17-6-3-2-4-7-17/h2-4,6-7,12,18-19H,5,8-11,13-15H2,1H3. The Bertz CT molecular complexity index is 727. The molecule has 1 aliphatic carbocycles. The second kappa shape index (κ2) is 7.03. The van der Waals surface area contributed by atoms with Crippen LogP contribution >= 0.6 is 0 Å². The molecule has 1 aromatic heterocycles. The van der Waals surface area contributed by atoms with E-state index in [4.69, 9.17) is 0 Å². The number of benzene rings is 1. The van der Waals surface area contributed by atoms with Crippen LogP contribution in [0.25, 0.3) is 0 Å². The highest BCUT2D eigenvalue weighted by molar-refractivity contribution is 5.77. The number of hydrogen-bond donors (Lipinski definition) is 0. The van der Waals surface area contributed by atoms with Crippen molar-refractivity contribution in [3.8, 4) is 0 Å². The number of amides is 1. The minimum atomic E-state index is 0.296. The summed E-state index contributed by atoms with van der Waals surface area (Å²) in [5.41, 5.74) is 2.57. The van der Waals surface area contributed by atoms with Crippen LogP contribution in [-0.2, 0) is 17.8 Å². The van der Waals surface area contributed by atoms with E-state index in [2.05, 4.69) is 40.7 Å². The average molecular weight is 337 g/mol. The van der Waals surface area contributed by atoms with E-state index in [0.29, 0.717) is 18.2 Å². The van der Waals surface area contributed by atoms with Crippen molar-refractivity contribution in [2.45, 2.75) is 51.5 Å². The number of aromatic nitrogens is 2. The Morgan fingerprint density at radius 3 is 2.68 bits per heavy atom. The molecule has 1 saturated heterocycles. The molecular formula is C21H27N3O. The van der Waals surface area contributed by atoms with Crippen LogP contribution in [0, 0.1) is 12.8 Å². The van der Waals surface area contributed by atoms with Gasteiger partial charge in [-0.25, -0.2) is 4.98 Å². The summed E-state index contributed by atoms with van der Waals surface area (Å²) in [5, 5.41) is 0. The Hall–Kier alpha value is -2.10. The smallest absolute Gasteiger partial charge is 0.222 e. The molecule has 1 amide bonds. The average Bonchev–Trinajstić information content (AvgIpc) is 3.33. The molecule has 132 valence electrons. The van der Waals surface area contributed by atoms with Gasteiger partial charge in [-0.15, -0.1) is 0 Å². The number of hydrogen-bond acceptors (Lipinski definition) is 2. The van der Waals surface area contributed by atoms with Crippen molar-refractivity contribution in [3.05, 3.63) is 53.6 Å². The quantitative estimate of drug-likeness (QED) is 0.775. The zero-order valence-electron chi connectivity index (χ0n) is 15.0. The van der Waals surface area contributed by atoms with Crippen molar-refractivity contribution in [3.63, 3.8) is 0 Å². The molecule has 2 fully saturated rings. The first-order valence-electron chi connectivity index (χ1n) is 9.54. The predicted molar refractivity (Wildman–Crippen MR) is 98.4 cm³/mol. The fourth-order valence-corrected chi connectivity index (χ4v) is 3.69. The second-order valence-corrected chi connectivity index (χ2v) is 7.65. The zero-order valence-corrected chi connectivity index (χ0v) is 15.0. The number of carbonyl (C=O) groups is 1. The van der Waals surface area contributed by atoms with E-state index in [9.17, 15) is 4.79 Å². The Morgan fingerprint density at radius 1 is 1.20 bits per heavy atom. The van der Waals surface area contributed by atoms with E-state index in [0.717, 1.165) is 38.4 Å². The Labute approximate surface area is 149 Å². The van der Waals surface area contributed by atoms with Gasteiger partial charge in [-0.3, -0.25) is 4.79 Å². The topological polar surface area (TPSA) is 38.1 Å². The van der Waals surface area contributed by atoms with Crippen LogP contribution in [0.1, 0.15) is 48.7 Å². The molecule has 2 aliphatic rings. The van der Waals surface area contributed by atoms with Crippen molar-refractivity contribution >= 4 is 5.91 Å². The third kappa shape index (κ3) is 3.78. The predicted octanol–water partition coefficient (Wildman–Crippen LogP) is 3.55. The van der Waals surface area contributed by atoms with Gasteiger partial charge in [-0.2, -0.15) is 0 Å². The lowest BCUT2D eigenvalue weighted by molar-refractivity contribution is -0.135. The van der Waals surface area contributed by atoms with Crippen LogP contribution in [0.4, 0.5) is 0 Å². The third-order valence-electron chi connectivity index (χ3n) is 5.52. The van der Waals surface area contributed by atoms with Crippen molar-refractivity contribution in [2.24, 2.45) is 5.92 Å². The van der Waals surface area contributed by atoms with Gasteiger partial charge in [-0.05, 0) is 44.1 Å². The summed E-state index contributed by atoms with van der Waals surface area (Å²) in [6, 6.07) is 10.4. The van der Waals surface area contributed by atoms with Gasteiger partial charge in [-0.1, -0.05) is 30.3 Å². The summed E-state index contributed by atoms with van der Waals surface area (Å²) in [4.78, 5) is 19.0. The first-order valence-corrected chi connectivity index (χ1v) is 9.54. The molecule has 0 spiro atoms. The molecule has 4 rings (SSSR count). The molecule has 0 atom stereocenters. The minimum Gasteiger partial charge on any atom is -0.341 e. The van der Waals surface area contributed by atoms with Crippen LogP contribution in [0.3, 0.4) is 0 Å². The number of likely N-dealkylation sites (tertiary alicyclic amines) is 1. The van der Waals surface area contributed by atoms with Crippen molar-refractivity contribution in [1.82, 2.24) is 14.5 Å². The van der Waals surface area contributed by atoms with E-state index in [-0.39, 0.29) is 0 Å². The van der Waals surface area contributed by atoms with Crippen LogP contribution in [0.15, 0.2) is 36.5 Å². The number of imidazole rings is 1. The molecule has 2 heterocycles. The van der Waals surface area contributed by atoms with E-state index in [1.165, 1.54) is 29.9 Å². The monoisotopic (exact) mass is 337 g/mol. The van der Waals surface area contributed by atoms with Gasteiger partial charge in [0.1, 0.15) is 5.82 Å². The lowest BCUT2D eigenvalue weighted by Gasteiger charge is -2.39. The summed E-state index contributed by atoms with van der Waals surface area (Å²) in [5.74, 6) is 2.76. The first-order chi connectivity index (χ1) is 12.2. The molecule has 0 unspecified atom stereocenters. The van der Waals surface area contributed by atoms with Gasteiger partial charge in [0.2, 0.25) is 5.91 Å². The maximum Gasteiger partial charge on any atom is 0.222 e. The highest BCUT2D eigenvalue weighted by atomic mass is 16.2. The molecule has 25 heavy (non-hydrogen) atoms. The summed E-state index contributed by atoms with van der Waals surface area (Å²) in [7, 11) is 0.